The SMILES string of the molecule is CCCN(CCc1cccc(F)c1)C(=O)[C@@H](N)CC(C)C. The van der Waals surface area contributed by atoms with Crippen molar-refractivity contribution in [2.24, 2.45) is 11.7 Å². The number of halogens is 1. The van der Waals surface area contributed by atoms with Crippen LogP contribution in [0.2, 0.25) is 0 Å². The molecule has 0 heterocycles. The van der Waals surface area contributed by atoms with E-state index in [2.05, 4.69) is 13.8 Å². The molecule has 0 fully saturated rings. The van der Waals surface area contributed by atoms with Crippen molar-refractivity contribution < 1.29 is 9.18 Å². The van der Waals surface area contributed by atoms with E-state index in [9.17, 15) is 9.18 Å². The van der Waals surface area contributed by atoms with E-state index >= 15 is 0 Å². The second kappa shape index (κ2) is 8.78. The zero-order valence-electron chi connectivity index (χ0n) is 13.3. The number of benzene rings is 1. The number of hydrogen-bond acceptors (Lipinski definition) is 2. The average molecular weight is 294 g/mol. The molecule has 1 aromatic rings. The van der Waals surface area contributed by atoms with Gasteiger partial charge in [-0.1, -0.05) is 32.9 Å². The maximum Gasteiger partial charge on any atom is 0.239 e. The highest BCUT2D eigenvalue weighted by atomic mass is 19.1. The highest BCUT2D eigenvalue weighted by Crippen LogP contribution is 2.09. The molecule has 21 heavy (non-hydrogen) atoms. The zero-order chi connectivity index (χ0) is 15.8. The van der Waals surface area contributed by atoms with Gasteiger partial charge in [0.1, 0.15) is 5.82 Å². The van der Waals surface area contributed by atoms with Crippen molar-refractivity contribution in [3.63, 3.8) is 0 Å². The lowest BCUT2D eigenvalue weighted by Gasteiger charge is -2.26. The van der Waals surface area contributed by atoms with Gasteiger partial charge in [-0.15, -0.1) is 0 Å². The highest BCUT2D eigenvalue weighted by molar-refractivity contribution is 5.81. The van der Waals surface area contributed by atoms with E-state index in [1.807, 2.05) is 13.0 Å². The van der Waals surface area contributed by atoms with Gasteiger partial charge in [-0.25, -0.2) is 4.39 Å². The number of carbonyl (C=O) groups excluding carboxylic acids is 1. The lowest BCUT2D eigenvalue weighted by molar-refractivity contribution is -0.133. The molecule has 1 atom stereocenters. The third-order valence-corrected chi connectivity index (χ3v) is 3.41. The van der Waals surface area contributed by atoms with Crippen molar-refractivity contribution in [2.45, 2.75) is 46.1 Å². The van der Waals surface area contributed by atoms with Crippen molar-refractivity contribution in [1.82, 2.24) is 4.90 Å². The maximum absolute atomic E-state index is 13.2. The Morgan fingerprint density at radius 1 is 1.33 bits per heavy atom. The molecule has 0 aliphatic carbocycles. The van der Waals surface area contributed by atoms with E-state index < -0.39 is 6.04 Å². The fourth-order valence-corrected chi connectivity index (χ4v) is 2.40. The second-order valence-corrected chi connectivity index (χ2v) is 5.94. The Kier molecular flexibility index (Phi) is 7.37. The first-order valence-corrected chi connectivity index (χ1v) is 7.72. The van der Waals surface area contributed by atoms with Crippen LogP contribution in [-0.2, 0) is 11.2 Å². The molecular weight excluding hydrogens is 267 g/mol. The Morgan fingerprint density at radius 3 is 2.62 bits per heavy atom. The van der Waals surface area contributed by atoms with Crippen molar-refractivity contribution in [2.75, 3.05) is 13.1 Å². The molecule has 0 aromatic heterocycles. The summed E-state index contributed by atoms with van der Waals surface area (Å²) in [6, 6.07) is 6.08. The Balaban J connectivity index is 2.62. The summed E-state index contributed by atoms with van der Waals surface area (Å²) in [5.74, 6) is 0.162. The number of nitrogens with two attached hydrogens (primary N) is 1. The molecule has 0 saturated carbocycles. The molecular formula is C17H27FN2O. The van der Waals surface area contributed by atoms with Crippen LogP contribution in [0, 0.1) is 11.7 Å². The van der Waals surface area contributed by atoms with Crippen molar-refractivity contribution in [1.29, 1.82) is 0 Å². The smallest absolute Gasteiger partial charge is 0.239 e. The van der Waals surface area contributed by atoms with Crippen molar-refractivity contribution in [3.8, 4) is 0 Å². The standard InChI is InChI=1S/C17H27FN2O/c1-4-9-20(17(21)16(19)11-13(2)3)10-8-14-6-5-7-15(18)12-14/h5-7,12-13,16H,4,8-11,19H2,1-3H3/t16-/m0/s1. The molecule has 0 spiro atoms. The van der Waals surface area contributed by atoms with Crippen molar-refractivity contribution in [3.05, 3.63) is 35.6 Å². The molecule has 0 aliphatic rings. The van der Waals surface area contributed by atoms with Crippen LogP contribution in [0.5, 0.6) is 0 Å². The molecule has 3 nitrogen and oxygen atoms in total. The molecule has 0 saturated heterocycles. The second-order valence-electron chi connectivity index (χ2n) is 5.94. The average Bonchev–Trinajstić information content (AvgIpc) is 2.42. The van der Waals surface area contributed by atoms with E-state index in [1.165, 1.54) is 12.1 Å². The summed E-state index contributed by atoms with van der Waals surface area (Å²) >= 11 is 0. The quantitative estimate of drug-likeness (QED) is 0.801. The van der Waals surface area contributed by atoms with Gasteiger partial charge in [-0.2, -0.15) is 0 Å². The number of amides is 1. The van der Waals surface area contributed by atoms with Gasteiger partial charge in [-0.3, -0.25) is 4.79 Å². The van der Waals surface area contributed by atoms with Crippen LogP contribution in [-0.4, -0.2) is 29.9 Å². The Bertz CT molecular complexity index is 448. The predicted molar refractivity (Wildman–Crippen MR) is 84.4 cm³/mol. The Morgan fingerprint density at radius 2 is 2.05 bits per heavy atom. The third-order valence-electron chi connectivity index (χ3n) is 3.41. The normalized spacial score (nSPS) is 12.5. The van der Waals surface area contributed by atoms with E-state index in [-0.39, 0.29) is 11.7 Å². The van der Waals surface area contributed by atoms with Crippen LogP contribution in [0.4, 0.5) is 4.39 Å². The topological polar surface area (TPSA) is 46.3 Å². The summed E-state index contributed by atoms with van der Waals surface area (Å²) in [6.07, 6.45) is 2.24. The Hall–Kier alpha value is -1.42. The molecule has 0 radical (unpaired) electrons. The first kappa shape index (κ1) is 17.6. The molecule has 1 amide bonds. The highest BCUT2D eigenvalue weighted by Gasteiger charge is 2.21. The largest absolute Gasteiger partial charge is 0.341 e. The van der Waals surface area contributed by atoms with Crippen LogP contribution < -0.4 is 5.73 Å². The minimum absolute atomic E-state index is 0.00181. The van der Waals surface area contributed by atoms with Gasteiger partial charge >= 0.3 is 0 Å². The summed E-state index contributed by atoms with van der Waals surface area (Å²) < 4.78 is 13.2. The van der Waals surface area contributed by atoms with E-state index in [4.69, 9.17) is 5.73 Å². The van der Waals surface area contributed by atoms with Crippen LogP contribution in [0.1, 0.15) is 39.2 Å². The maximum atomic E-state index is 13.2. The molecule has 0 unspecified atom stereocenters. The molecule has 4 heteroatoms. The number of rotatable bonds is 8. The van der Waals surface area contributed by atoms with Crippen molar-refractivity contribution >= 4 is 5.91 Å². The van der Waals surface area contributed by atoms with E-state index in [0.717, 1.165) is 12.0 Å². The van der Waals surface area contributed by atoms with Gasteiger partial charge in [0, 0.05) is 13.1 Å². The summed E-state index contributed by atoms with van der Waals surface area (Å²) in [6.45, 7) is 7.44. The minimum Gasteiger partial charge on any atom is -0.341 e. The third kappa shape index (κ3) is 6.25. The van der Waals surface area contributed by atoms with Gasteiger partial charge in [0.25, 0.3) is 0 Å². The Labute approximate surface area is 127 Å². The molecule has 1 rings (SSSR count). The lowest BCUT2D eigenvalue weighted by Crippen LogP contribution is -2.45. The monoisotopic (exact) mass is 294 g/mol. The number of hydrogen-bond donors (Lipinski definition) is 1. The van der Waals surface area contributed by atoms with Gasteiger partial charge in [-0.05, 0) is 42.9 Å². The molecule has 0 bridgehead atoms. The van der Waals surface area contributed by atoms with Gasteiger partial charge in [0.2, 0.25) is 5.91 Å². The predicted octanol–water partition coefficient (Wildman–Crippen LogP) is 2.98. The molecule has 2 N–H and O–H groups in total. The van der Waals surface area contributed by atoms with Gasteiger partial charge < -0.3 is 10.6 Å². The van der Waals surface area contributed by atoms with Gasteiger partial charge in [0.15, 0.2) is 0 Å². The fraction of sp³-hybridized carbons (Fsp3) is 0.588. The van der Waals surface area contributed by atoms with Gasteiger partial charge in [0.05, 0.1) is 6.04 Å². The first-order valence-electron chi connectivity index (χ1n) is 7.72. The van der Waals surface area contributed by atoms with Crippen LogP contribution in [0.25, 0.3) is 0 Å². The van der Waals surface area contributed by atoms with E-state index in [1.54, 1.807) is 11.0 Å². The zero-order valence-corrected chi connectivity index (χ0v) is 13.3. The van der Waals surface area contributed by atoms with E-state index in [0.29, 0.717) is 31.8 Å². The summed E-state index contributed by atoms with van der Waals surface area (Å²) in [5, 5.41) is 0. The van der Waals surface area contributed by atoms with Crippen LogP contribution >= 0.6 is 0 Å². The lowest BCUT2D eigenvalue weighted by atomic mass is 10.0. The molecule has 0 aliphatic heterocycles. The minimum atomic E-state index is -0.441. The first-order chi connectivity index (χ1) is 9.93. The summed E-state index contributed by atoms with van der Waals surface area (Å²) in [4.78, 5) is 14.2. The number of nitrogens with zero attached hydrogens (tertiary/aromatic N) is 1. The number of carbonyl (C=O) groups is 1. The fourth-order valence-electron chi connectivity index (χ4n) is 2.40. The molecule has 1 aromatic carbocycles. The molecule has 118 valence electrons. The van der Waals surface area contributed by atoms with Crippen LogP contribution in [0.3, 0.4) is 0 Å². The summed E-state index contributed by atoms with van der Waals surface area (Å²) in [5.41, 5.74) is 6.90. The van der Waals surface area contributed by atoms with Crippen LogP contribution in [0.15, 0.2) is 24.3 Å². The summed E-state index contributed by atoms with van der Waals surface area (Å²) in [7, 11) is 0.